The highest BCUT2D eigenvalue weighted by molar-refractivity contribution is 8.18. The Morgan fingerprint density at radius 2 is 2.08 bits per heavy atom. The third kappa shape index (κ3) is 3.39. The number of aliphatic imine (C=N–C) groups is 1. The van der Waals surface area contributed by atoms with E-state index in [0.29, 0.717) is 39.6 Å². The number of nitrogens with one attached hydrogen (secondary N) is 1. The highest BCUT2D eigenvalue weighted by Crippen LogP contribution is 2.35. The molecule has 0 radical (unpaired) electrons. The van der Waals surface area contributed by atoms with Crippen LogP contribution in [0.15, 0.2) is 52.4 Å². The van der Waals surface area contributed by atoms with Crippen molar-refractivity contribution in [2.45, 2.75) is 6.92 Å². The van der Waals surface area contributed by atoms with Crippen molar-refractivity contribution in [3.8, 4) is 17.2 Å². The molecule has 0 saturated carbocycles. The third-order valence-electron chi connectivity index (χ3n) is 3.73. The predicted octanol–water partition coefficient (Wildman–Crippen LogP) is 3.71. The van der Waals surface area contributed by atoms with E-state index in [-0.39, 0.29) is 12.7 Å². The predicted molar refractivity (Wildman–Crippen MR) is 101 cm³/mol. The molecule has 2 aliphatic heterocycles. The molecular weight excluding hydrogens is 352 g/mol. The van der Waals surface area contributed by atoms with Gasteiger partial charge in [-0.3, -0.25) is 4.79 Å². The van der Waals surface area contributed by atoms with Gasteiger partial charge in [-0.1, -0.05) is 18.2 Å². The van der Waals surface area contributed by atoms with Crippen molar-refractivity contribution in [2.75, 3.05) is 13.4 Å². The average Bonchev–Trinajstić information content (AvgIpc) is 3.23. The second kappa shape index (κ2) is 7.13. The lowest BCUT2D eigenvalue weighted by atomic mass is 10.2. The molecule has 7 heteroatoms. The minimum Gasteiger partial charge on any atom is -0.492 e. The summed E-state index contributed by atoms with van der Waals surface area (Å²) in [5.74, 6) is 1.90. The minimum atomic E-state index is -0.180. The van der Waals surface area contributed by atoms with Crippen molar-refractivity contribution in [3.63, 3.8) is 0 Å². The largest absolute Gasteiger partial charge is 0.492 e. The molecule has 0 unspecified atom stereocenters. The average molecular weight is 368 g/mol. The van der Waals surface area contributed by atoms with Crippen LogP contribution in [-0.2, 0) is 4.79 Å². The van der Waals surface area contributed by atoms with Crippen LogP contribution in [0.2, 0.25) is 0 Å². The summed E-state index contributed by atoms with van der Waals surface area (Å²) in [6.45, 7) is 2.69. The number of hydrogen-bond acceptors (Lipinski definition) is 6. The van der Waals surface area contributed by atoms with E-state index in [0.717, 1.165) is 5.56 Å². The number of fused-ring (bicyclic) bond motifs is 1. The second-order valence-electron chi connectivity index (χ2n) is 5.50. The number of amidine groups is 1. The Kier molecular flexibility index (Phi) is 4.53. The zero-order valence-corrected chi connectivity index (χ0v) is 14.8. The zero-order chi connectivity index (χ0) is 17.9. The molecule has 0 aliphatic carbocycles. The van der Waals surface area contributed by atoms with E-state index >= 15 is 0 Å². The first-order valence-electron chi connectivity index (χ1n) is 8.14. The number of thioether (sulfide) groups is 1. The molecule has 2 aromatic rings. The van der Waals surface area contributed by atoms with E-state index in [4.69, 9.17) is 14.2 Å². The topological polar surface area (TPSA) is 69.2 Å². The molecule has 1 amide bonds. The lowest BCUT2D eigenvalue weighted by Gasteiger charge is -2.06. The van der Waals surface area contributed by atoms with Gasteiger partial charge in [0, 0.05) is 0 Å². The van der Waals surface area contributed by atoms with Crippen molar-refractivity contribution < 1.29 is 19.0 Å². The number of benzene rings is 2. The van der Waals surface area contributed by atoms with Gasteiger partial charge in [0.05, 0.1) is 11.5 Å². The van der Waals surface area contributed by atoms with Crippen LogP contribution in [-0.4, -0.2) is 24.5 Å². The number of rotatable bonds is 4. The number of hydrogen-bond donors (Lipinski definition) is 1. The molecule has 2 aromatic carbocycles. The van der Waals surface area contributed by atoms with Crippen LogP contribution in [0.4, 0.5) is 5.69 Å². The summed E-state index contributed by atoms with van der Waals surface area (Å²) in [6, 6.07) is 13.0. The van der Waals surface area contributed by atoms with Crippen LogP contribution in [0.25, 0.3) is 6.08 Å². The van der Waals surface area contributed by atoms with Gasteiger partial charge in [0.1, 0.15) is 11.4 Å². The SMILES string of the molecule is CCOc1ccccc1N=C1NC(=O)C(=Cc2ccc3c(c2)OCO3)S1. The van der Waals surface area contributed by atoms with Gasteiger partial charge >= 0.3 is 0 Å². The Bertz CT molecular complexity index is 924. The standard InChI is InChI=1S/C19H16N2O4S/c1-2-23-14-6-4-3-5-13(14)20-19-21-18(22)17(26-19)10-12-7-8-15-16(9-12)25-11-24-15/h3-10H,2,11H2,1H3,(H,20,21,22). The molecule has 4 rings (SSSR count). The van der Waals surface area contributed by atoms with Crippen LogP contribution in [0.1, 0.15) is 12.5 Å². The molecule has 2 heterocycles. The fraction of sp³-hybridized carbons (Fsp3) is 0.158. The molecule has 1 fully saturated rings. The highest BCUT2D eigenvalue weighted by atomic mass is 32.2. The number of carbonyl (C=O) groups is 1. The van der Waals surface area contributed by atoms with Crippen LogP contribution in [0.5, 0.6) is 17.2 Å². The molecule has 0 bridgehead atoms. The first kappa shape index (κ1) is 16.5. The molecule has 26 heavy (non-hydrogen) atoms. The number of carbonyl (C=O) groups excluding carboxylic acids is 1. The zero-order valence-electron chi connectivity index (χ0n) is 14.0. The fourth-order valence-corrected chi connectivity index (χ4v) is 3.41. The maximum absolute atomic E-state index is 12.3. The van der Waals surface area contributed by atoms with Crippen molar-refractivity contribution in [3.05, 3.63) is 52.9 Å². The number of para-hydroxylation sites is 2. The molecule has 0 atom stereocenters. The molecule has 6 nitrogen and oxygen atoms in total. The normalized spacial score (nSPS) is 18.4. The van der Waals surface area contributed by atoms with Gasteiger partial charge in [-0.25, -0.2) is 4.99 Å². The number of nitrogens with zero attached hydrogens (tertiary/aromatic N) is 1. The van der Waals surface area contributed by atoms with E-state index in [9.17, 15) is 4.79 Å². The van der Waals surface area contributed by atoms with E-state index in [1.807, 2.05) is 49.4 Å². The van der Waals surface area contributed by atoms with Gasteiger partial charge in [0.25, 0.3) is 5.91 Å². The van der Waals surface area contributed by atoms with Crippen molar-refractivity contribution in [1.82, 2.24) is 5.32 Å². The second-order valence-corrected chi connectivity index (χ2v) is 6.53. The van der Waals surface area contributed by atoms with Crippen LogP contribution in [0.3, 0.4) is 0 Å². The maximum atomic E-state index is 12.3. The highest BCUT2D eigenvalue weighted by Gasteiger charge is 2.24. The van der Waals surface area contributed by atoms with Crippen LogP contribution in [0, 0.1) is 0 Å². The Morgan fingerprint density at radius 1 is 1.23 bits per heavy atom. The van der Waals surface area contributed by atoms with Gasteiger partial charge in [0.15, 0.2) is 16.7 Å². The summed E-state index contributed by atoms with van der Waals surface area (Å²) in [4.78, 5) is 17.3. The van der Waals surface area contributed by atoms with E-state index in [1.165, 1.54) is 11.8 Å². The van der Waals surface area contributed by atoms with Gasteiger partial charge in [-0.05, 0) is 54.6 Å². The Hall–Kier alpha value is -2.93. The first-order chi connectivity index (χ1) is 12.7. The summed E-state index contributed by atoms with van der Waals surface area (Å²) in [5.41, 5.74) is 1.55. The first-order valence-corrected chi connectivity index (χ1v) is 8.95. The van der Waals surface area contributed by atoms with Crippen molar-refractivity contribution in [1.29, 1.82) is 0 Å². The van der Waals surface area contributed by atoms with E-state index in [2.05, 4.69) is 10.3 Å². The van der Waals surface area contributed by atoms with Crippen LogP contribution < -0.4 is 19.5 Å². The molecule has 132 valence electrons. The van der Waals surface area contributed by atoms with Gasteiger partial charge < -0.3 is 19.5 Å². The quantitative estimate of drug-likeness (QED) is 0.834. The summed E-state index contributed by atoms with van der Waals surface area (Å²) in [7, 11) is 0. The Balaban J connectivity index is 1.57. The third-order valence-corrected chi connectivity index (χ3v) is 4.64. The van der Waals surface area contributed by atoms with Gasteiger partial charge in [-0.2, -0.15) is 0 Å². The summed E-state index contributed by atoms with van der Waals surface area (Å²) >= 11 is 1.29. The number of ether oxygens (including phenoxy) is 3. The van der Waals surface area contributed by atoms with Crippen molar-refractivity contribution >= 4 is 34.6 Å². The minimum absolute atomic E-state index is 0.180. The molecule has 1 N–H and O–H groups in total. The monoisotopic (exact) mass is 368 g/mol. The summed E-state index contributed by atoms with van der Waals surface area (Å²) in [6.07, 6.45) is 1.80. The summed E-state index contributed by atoms with van der Waals surface area (Å²) in [5, 5.41) is 3.31. The molecular formula is C19H16N2O4S. The molecule has 1 saturated heterocycles. The lowest BCUT2D eigenvalue weighted by Crippen LogP contribution is -2.19. The van der Waals surface area contributed by atoms with Gasteiger partial charge in [-0.15, -0.1) is 0 Å². The molecule has 0 aromatic heterocycles. The maximum Gasteiger partial charge on any atom is 0.264 e. The smallest absolute Gasteiger partial charge is 0.264 e. The molecule has 2 aliphatic rings. The van der Waals surface area contributed by atoms with E-state index < -0.39 is 0 Å². The number of amides is 1. The molecule has 0 spiro atoms. The van der Waals surface area contributed by atoms with Crippen LogP contribution >= 0.6 is 11.8 Å². The van der Waals surface area contributed by atoms with Crippen molar-refractivity contribution in [2.24, 2.45) is 4.99 Å². The summed E-state index contributed by atoms with van der Waals surface area (Å²) < 4.78 is 16.2. The lowest BCUT2D eigenvalue weighted by molar-refractivity contribution is -0.115. The van der Waals surface area contributed by atoms with E-state index in [1.54, 1.807) is 6.08 Å². The fourth-order valence-electron chi connectivity index (χ4n) is 2.57. The van der Waals surface area contributed by atoms with Gasteiger partial charge in [0.2, 0.25) is 6.79 Å². The Morgan fingerprint density at radius 3 is 2.96 bits per heavy atom. The Labute approximate surface area is 154 Å².